The smallest absolute Gasteiger partial charge is 0.120 e. The SMILES string of the molecule is COc1ccc([C@@H](C)NCCn2ccnc2)c(Br)c1. The molecule has 0 aliphatic carbocycles. The van der Waals surface area contributed by atoms with E-state index in [1.54, 1.807) is 13.3 Å². The van der Waals surface area contributed by atoms with Crippen LogP contribution < -0.4 is 10.1 Å². The van der Waals surface area contributed by atoms with Gasteiger partial charge in [-0.05, 0) is 24.6 Å². The number of halogens is 1. The quantitative estimate of drug-likeness (QED) is 0.888. The molecule has 2 rings (SSSR count). The molecule has 102 valence electrons. The highest BCUT2D eigenvalue weighted by molar-refractivity contribution is 9.10. The molecule has 0 saturated carbocycles. The lowest BCUT2D eigenvalue weighted by molar-refractivity contribution is 0.414. The first-order valence-electron chi connectivity index (χ1n) is 6.23. The maximum Gasteiger partial charge on any atom is 0.120 e. The second kappa shape index (κ2) is 6.73. The number of aromatic nitrogens is 2. The standard InChI is InChI=1S/C14H18BrN3O/c1-11(17-6-8-18-7-5-16-10-18)13-4-3-12(19-2)9-14(13)15/h3-5,7,9-11,17H,6,8H2,1-2H3/t11-/m1/s1. The molecule has 0 saturated heterocycles. The predicted molar refractivity (Wildman–Crippen MR) is 79.3 cm³/mol. The molecule has 0 spiro atoms. The van der Waals surface area contributed by atoms with Crippen LogP contribution in [0.1, 0.15) is 18.5 Å². The van der Waals surface area contributed by atoms with Crippen LogP contribution in [0.4, 0.5) is 0 Å². The van der Waals surface area contributed by atoms with Gasteiger partial charge in [0.15, 0.2) is 0 Å². The van der Waals surface area contributed by atoms with E-state index < -0.39 is 0 Å². The summed E-state index contributed by atoms with van der Waals surface area (Å²) in [6.07, 6.45) is 5.59. The van der Waals surface area contributed by atoms with Crippen molar-refractivity contribution in [2.75, 3.05) is 13.7 Å². The summed E-state index contributed by atoms with van der Waals surface area (Å²) in [4.78, 5) is 4.03. The summed E-state index contributed by atoms with van der Waals surface area (Å²) in [7, 11) is 1.67. The van der Waals surface area contributed by atoms with E-state index in [-0.39, 0.29) is 6.04 Å². The lowest BCUT2D eigenvalue weighted by Gasteiger charge is -2.16. The number of hydrogen-bond acceptors (Lipinski definition) is 3. The average molecular weight is 324 g/mol. The van der Waals surface area contributed by atoms with Crippen molar-refractivity contribution in [3.63, 3.8) is 0 Å². The summed E-state index contributed by atoms with van der Waals surface area (Å²) in [6, 6.07) is 6.33. The van der Waals surface area contributed by atoms with Crippen LogP contribution in [0.15, 0.2) is 41.4 Å². The summed E-state index contributed by atoms with van der Waals surface area (Å²) >= 11 is 3.58. The highest BCUT2D eigenvalue weighted by atomic mass is 79.9. The number of imidazole rings is 1. The average Bonchev–Trinajstić information content (AvgIpc) is 2.91. The predicted octanol–water partition coefficient (Wildman–Crippen LogP) is 3.01. The van der Waals surface area contributed by atoms with Crippen LogP contribution in [0.2, 0.25) is 0 Å². The number of hydrogen-bond donors (Lipinski definition) is 1. The van der Waals surface area contributed by atoms with E-state index in [1.165, 1.54) is 5.56 Å². The van der Waals surface area contributed by atoms with Crippen molar-refractivity contribution in [1.29, 1.82) is 0 Å². The molecule has 5 heteroatoms. The van der Waals surface area contributed by atoms with Gasteiger partial charge in [-0.2, -0.15) is 0 Å². The minimum absolute atomic E-state index is 0.281. The zero-order valence-electron chi connectivity index (χ0n) is 11.1. The van der Waals surface area contributed by atoms with Gasteiger partial charge >= 0.3 is 0 Å². The minimum atomic E-state index is 0.281. The van der Waals surface area contributed by atoms with Crippen LogP contribution in [0.5, 0.6) is 5.75 Å². The maximum absolute atomic E-state index is 5.20. The fraction of sp³-hybridized carbons (Fsp3) is 0.357. The van der Waals surface area contributed by atoms with Gasteiger partial charge in [-0.1, -0.05) is 22.0 Å². The van der Waals surface area contributed by atoms with Gasteiger partial charge in [0.05, 0.1) is 13.4 Å². The van der Waals surface area contributed by atoms with Crippen LogP contribution in [0.25, 0.3) is 0 Å². The zero-order valence-corrected chi connectivity index (χ0v) is 12.7. The van der Waals surface area contributed by atoms with Gasteiger partial charge in [-0.15, -0.1) is 0 Å². The van der Waals surface area contributed by atoms with E-state index in [4.69, 9.17) is 4.74 Å². The molecule has 0 aliphatic rings. The van der Waals surface area contributed by atoms with E-state index in [9.17, 15) is 0 Å². The topological polar surface area (TPSA) is 39.1 Å². The summed E-state index contributed by atoms with van der Waals surface area (Å²) in [6.45, 7) is 3.97. The van der Waals surface area contributed by atoms with Crippen LogP contribution in [-0.4, -0.2) is 23.2 Å². The Morgan fingerprint density at radius 1 is 1.47 bits per heavy atom. The maximum atomic E-state index is 5.20. The van der Waals surface area contributed by atoms with Crippen molar-refractivity contribution in [2.24, 2.45) is 0 Å². The van der Waals surface area contributed by atoms with Gasteiger partial charge in [0.1, 0.15) is 5.75 Å². The summed E-state index contributed by atoms with van der Waals surface area (Å²) in [5, 5.41) is 3.50. The normalized spacial score (nSPS) is 12.4. The Hall–Kier alpha value is -1.33. The van der Waals surface area contributed by atoms with Gasteiger partial charge in [0.25, 0.3) is 0 Å². The van der Waals surface area contributed by atoms with Gasteiger partial charge in [-0.3, -0.25) is 0 Å². The van der Waals surface area contributed by atoms with Gasteiger partial charge in [0.2, 0.25) is 0 Å². The van der Waals surface area contributed by atoms with E-state index in [0.717, 1.165) is 23.3 Å². The Labute approximate surface area is 121 Å². The number of methoxy groups -OCH3 is 1. The molecule has 0 radical (unpaired) electrons. The highest BCUT2D eigenvalue weighted by Gasteiger charge is 2.09. The molecule has 0 bridgehead atoms. The molecule has 0 amide bonds. The molecule has 1 aromatic heterocycles. The second-order valence-electron chi connectivity index (χ2n) is 4.36. The lowest BCUT2D eigenvalue weighted by atomic mass is 10.1. The molecule has 0 fully saturated rings. The third kappa shape index (κ3) is 3.81. The van der Waals surface area contributed by atoms with Crippen LogP contribution in [0.3, 0.4) is 0 Å². The van der Waals surface area contributed by atoms with Gasteiger partial charge in [-0.25, -0.2) is 4.98 Å². The van der Waals surface area contributed by atoms with Gasteiger partial charge in [0, 0.05) is 36.0 Å². The Kier molecular flexibility index (Phi) is 4.99. The fourth-order valence-corrected chi connectivity index (χ4v) is 2.63. The number of rotatable bonds is 6. The third-order valence-electron chi connectivity index (χ3n) is 3.05. The molecule has 2 aromatic rings. The first-order valence-corrected chi connectivity index (χ1v) is 7.02. The number of nitrogens with zero attached hydrogens (tertiary/aromatic N) is 2. The van der Waals surface area contributed by atoms with Crippen molar-refractivity contribution in [3.05, 3.63) is 47.0 Å². The van der Waals surface area contributed by atoms with Crippen molar-refractivity contribution < 1.29 is 4.74 Å². The Balaban J connectivity index is 1.90. The molecular weight excluding hydrogens is 306 g/mol. The summed E-state index contributed by atoms with van der Waals surface area (Å²) in [5.41, 5.74) is 1.23. The van der Waals surface area contributed by atoms with Crippen molar-refractivity contribution in [1.82, 2.24) is 14.9 Å². The fourth-order valence-electron chi connectivity index (χ4n) is 1.93. The highest BCUT2D eigenvalue weighted by Crippen LogP contribution is 2.27. The Morgan fingerprint density at radius 3 is 2.95 bits per heavy atom. The Morgan fingerprint density at radius 2 is 2.32 bits per heavy atom. The first-order chi connectivity index (χ1) is 9.20. The van der Waals surface area contributed by atoms with Crippen LogP contribution >= 0.6 is 15.9 Å². The zero-order chi connectivity index (χ0) is 13.7. The lowest BCUT2D eigenvalue weighted by Crippen LogP contribution is -2.23. The Bertz CT molecular complexity index is 513. The molecule has 0 unspecified atom stereocenters. The number of ether oxygens (including phenoxy) is 1. The summed E-state index contributed by atoms with van der Waals surface area (Å²) in [5.74, 6) is 0.862. The molecule has 1 heterocycles. The van der Waals surface area contributed by atoms with Crippen molar-refractivity contribution in [3.8, 4) is 5.75 Å². The van der Waals surface area contributed by atoms with Crippen molar-refractivity contribution in [2.45, 2.75) is 19.5 Å². The monoisotopic (exact) mass is 323 g/mol. The van der Waals surface area contributed by atoms with Crippen molar-refractivity contribution >= 4 is 15.9 Å². The third-order valence-corrected chi connectivity index (χ3v) is 3.74. The van der Waals surface area contributed by atoms with Crippen LogP contribution in [-0.2, 0) is 6.54 Å². The van der Waals surface area contributed by atoms with E-state index in [0.29, 0.717) is 0 Å². The number of nitrogens with one attached hydrogen (secondary N) is 1. The first kappa shape index (κ1) is 14.1. The van der Waals surface area contributed by atoms with E-state index in [2.05, 4.69) is 43.8 Å². The molecule has 19 heavy (non-hydrogen) atoms. The summed E-state index contributed by atoms with van der Waals surface area (Å²) < 4.78 is 8.32. The molecular formula is C14H18BrN3O. The van der Waals surface area contributed by atoms with Gasteiger partial charge < -0.3 is 14.6 Å². The largest absolute Gasteiger partial charge is 0.497 e. The molecule has 1 N–H and O–H groups in total. The number of benzene rings is 1. The van der Waals surface area contributed by atoms with E-state index in [1.807, 2.05) is 24.7 Å². The molecule has 0 aliphatic heterocycles. The molecule has 1 atom stereocenters. The second-order valence-corrected chi connectivity index (χ2v) is 5.22. The minimum Gasteiger partial charge on any atom is -0.497 e. The molecule has 1 aromatic carbocycles. The van der Waals surface area contributed by atoms with E-state index >= 15 is 0 Å². The van der Waals surface area contributed by atoms with Crippen LogP contribution in [0, 0.1) is 0 Å². The molecule has 4 nitrogen and oxygen atoms in total.